The van der Waals surface area contributed by atoms with Crippen LogP contribution in [0.1, 0.15) is 72.6 Å². The van der Waals surface area contributed by atoms with Crippen molar-refractivity contribution in [1.82, 2.24) is 9.71 Å². The van der Waals surface area contributed by atoms with Crippen molar-refractivity contribution >= 4 is 28.9 Å². The number of unbranched alkanes of at least 4 members (excludes halogenated alkanes) is 8. The van der Waals surface area contributed by atoms with E-state index in [2.05, 4.69) is 16.9 Å². The van der Waals surface area contributed by atoms with E-state index in [0.29, 0.717) is 11.8 Å². The number of aromatic nitrogens is 2. The molecule has 7 nitrogen and oxygen atoms in total. The largest absolute Gasteiger partial charge is 1.00 e. The Morgan fingerprint density at radius 1 is 1.23 bits per heavy atom. The van der Waals surface area contributed by atoms with Crippen molar-refractivity contribution < 1.29 is 50.1 Å². The van der Waals surface area contributed by atoms with Gasteiger partial charge in [0.05, 0.1) is 25.1 Å². The molecule has 0 spiro atoms. The van der Waals surface area contributed by atoms with E-state index in [0.717, 1.165) is 18.6 Å². The van der Waals surface area contributed by atoms with E-state index in [1.807, 2.05) is 6.08 Å². The van der Waals surface area contributed by atoms with Gasteiger partial charge in [-0.15, -0.1) is 0 Å². The number of rotatable bonds is 14. The molecule has 1 aliphatic rings. The fraction of sp³-hybridized carbons (Fsp3) is 0.636. The third kappa shape index (κ3) is 12.5. The van der Waals surface area contributed by atoms with Gasteiger partial charge < -0.3 is 11.0 Å². The number of nitrogens with zero attached hydrogens (tertiary/aromatic N) is 3. The number of hydrogen-bond acceptors (Lipinski definition) is 7. The average molecular weight is 460 g/mol. The Kier molecular flexibility index (Phi) is 15.7. The van der Waals surface area contributed by atoms with Crippen LogP contribution in [0.2, 0.25) is 0 Å². The quantitative estimate of drug-likeness (QED) is 0.182. The first-order valence-corrected chi connectivity index (χ1v) is 11.9. The van der Waals surface area contributed by atoms with Crippen LogP contribution < -0.4 is 34.4 Å². The molecule has 168 valence electrons. The Hall–Kier alpha value is -1.09. The number of imidazole rings is 1. The first kappa shape index (κ1) is 27.9. The summed E-state index contributed by atoms with van der Waals surface area (Å²) in [5.74, 6) is -0.890. The van der Waals surface area contributed by atoms with Crippen molar-refractivity contribution in [3.8, 4) is 0 Å². The molecule has 0 fully saturated rings. The number of esters is 1. The zero-order valence-electron chi connectivity index (χ0n) is 19.8. The predicted molar refractivity (Wildman–Crippen MR) is 120 cm³/mol. The smallest absolute Gasteiger partial charge is 1.00 e. The van der Waals surface area contributed by atoms with Crippen molar-refractivity contribution in [1.29, 1.82) is 0 Å². The molecule has 9 heteroatoms. The van der Waals surface area contributed by atoms with Gasteiger partial charge in [-0.25, -0.2) is 14.8 Å². The number of carbonyl (C=O) groups excluding carboxylic acids is 2. The molecule has 0 aliphatic carbocycles. The van der Waals surface area contributed by atoms with Crippen LogP contribution in [0, 0.1) is 5.92 Å². The Morgan fingerprint density at radius 2 is 1.97 bits per heavy atom. The van der Waals surface area contributed by atoms with E-state index < -0.39 is 17.9 Å². The Labute approximate surface area is 213 Å². The van der Waals surface area contributed by atoms with E-state index in [4.69, 9.17) is 9.57 Å². The van der Waals surface area contributed by atoms with Crippen molar-refractivity contribution in [2.45, 2.75) is 71.1 Å². The van der Waals surface area contributed by atoms with E-state index in [9.17, 15) is 9.59 Å². The maximum Gasteiger partial charge on any atom is 1.00 e. The predicted octanol–water partition coefficient (Wildman–Crippen LogP) is 1.69. The normalized spacial score (nSPS) is 14.2. The van der Waals surface area contributed by atoms with Crippen LogP contribution in [-0.4, -0.2) is 39.2 Å². The van der Waals surface area contributed by atoms with Crippen LogP contribution >= 0.6 is 11.8 Å². The molecule has 0 aromatic carbocycles. The molecular weight excluding hydrogens is 425 g/mol. The van der Waals surface area contributed by atoms with Crippen LogP contribution in [0.3, 0.4) is 0 Å². The molecule has 0 N–H and O–H groups in total. The standard InChI is InChI=1S/C22H33N3O4S.Na.H/c1-2-3-4-5-6-7-8-9-10-11-12-19(21(27)29-25-15-13-23-18-25)17-20(26)28-22-24-14-16-30-22;;/h11-13,15,18-19H,2-10,14,16-17H2,1H3;;/q;+1;-1. The van der Waals surface area contributed by atoms with E-state index in [1.165, 1.54) is 80.2 Å². The molecule has 1 aromatic heterocycles. The third-order valence-electron chi connectivity index (χ3n) is 4.72. The molecule has 1 atom stereocenters. The maximum absolute atomic E-state index is 12.5. The molecule has 1 aliphatic heterocycles. The van der Waals surface area contributed by atoms with Crippen molar-refractivity contribution in [2.24, 2.45) is 10.9 Å². The van der Waals surface area contributed by atoms with Gasteiger partial charge in [-0.05, 0) is 12.8 Å². The maximum atomic E-state index is 12.5. The van der Waals surface area contributed by atoms with Gasteiger partial charge in [-0.3, -0.25) is 4.79 Å². The second-order valence-electron chi connectivity index (χ2n) is 7.31. The fourth-order valence-electron chi connectivity index (χ4n) is 3.05. The minimum atomic E-state index is -0.707. The fourth-order valence-corrected chi connectivity index (χ4v) is 3.75. The summed E-state index contributed by atoms with van der Waals surface area (Å²) < 4.78 is 6.47. The Morgan fingerprint density at radius 3 is 2.61 bits per heavy atom. The van der Waals surface area contributed by atoms with Gasteiger partial charge in [0.15, 0.2) is 0 Å². The topological polar surface area (TPSA) is 82.8 Å². The average Bonchev–Trinajstić information content (AvgIpc) is 3.42. The second kappa shape index (κ2) is 17.5. The monoisotopic (exact) mass is 459 g/mol. The Bertz CT molecular complexity index is 701. The molecule has 2 heterocycles. The van der Waals surface area contributed by atoms with Gasteiger partial charge in [-0.1, -0.05) is 75.8 Å². The molecule has 31 heavy (non-hydrogen) atoms. The molecule has 1 aromatic rings. The minimum absolute atomic E-state index is 0. The van der Waals surface area contributed by atoms with Crippen LogP contribution in [0.25, 0.3) is 0 Å². The number of thioether (sulfide) groups is 1. The molecule has 0 saturated heterocycles. The minimum Gasteiger partial charge on any atom is -1.00 e. The van der Waals surface area contributed by atoms with E-state index in [1.54, 1.807) is 6.08 Å². The van der Waals surface area contributed by atoms with E-state index >= 15 is 0 Å². The molecular formula is C22H34N3NaO4S. The molecule has 0 radical (unpaired) electrons. The van der Waals surface area contributed by atoms with Crippen LogP contribution in [0.15, 0.2) is 35.9 Å². The summed E-state index contributed by atoms with van der Waals surface area (Å²) in [5, 5.41) is 0.379. The van der Waals surface area contributed by atoms with Crippen LogP contribution in [0.5, 0.6) is 0 Å². The number of carbonyl (C=O) groups is 2. The third-order valence-corrected chi connectivity index (χ3v) is 5.56. The van der Waals surface area contributed by atoms with Gasteiger partial charge in [0.25, 0.3) is 5.23 Å². The van der Waals surface area contributed by atoms with Crippen LogP contribution in [0.4, 0.5) is 0 Å². The van der Waals surface area contributed by atoms with Gasteiger partial charge in [0.2, 0.25) is 0 Å². The molecule has 2 rings (SSSR count). The second-order valence-corrected chi connectivity index (χ2v) is 8.35. The van der Waals surface area contributed by atoms with Gasteiger partial charge in [-0.2, -0.15) is 4.73 Å². The summed E-state index contributed by atoms with van der Waals surface area (Å²) in [6.07, 6.45) is 19.0. The summed E-state index contributed by atoms with van der Waals surface area (Å²) in [6.45, 7) is 2.88. The van der Waals surface area contributed by atoms with Gasteiger partial charge >= 0.3 is 41.5 Å². The number of ether oxygens (including phenoxy) is 1. The number of allylic oxidation sites excluding steroid dienone is 1. The summed E-state index contributed by atoms with van der Waals surface area (Å²) in [7, 11) is 0. The molecule has 0 saturated carbocycles. The summed E-state index contributed by atoms with van der Waals surface area (Å²) >= 11 is 1.41. The molecule has 0 amide bonds. The summed E-state index contributed by atoms with van der Waals surface area (Å²) in [6, 6.07) is 0. The Balaban J connectivity index is 0.00000480. The van der Waals surface area contributed by atoms with Crippen LogP contribution in [-0.2, 0) is 14.3 Å². The SMILES string of the molecule is CCCCCCCCCCC=CC(CC(=O)OC1=NCCS1)C(=O)On1ccnc1.[H-].[Na+]. The van der Waals surface area contributed by atoms with Gasteiger partial charge in [0.1, 0.15) is 6.33 Å². The van der Waals surface area contributed by atoms with Crippen molar-refractivity contribution in [3.63, 3.8) is 0 Å². The molecule has 0 bridgehead atoms. The molecule has 1 unspecified atom stereocenters. The van der Waals surface area contributed by atoms with Gasteiger partial charge in [0, 0.05) is 11.9 Å². The van der Waals surface area contributed by atoms with Crippen molar-refractivity contribution in [2.75, 3.05) is 12.3 Å². The van der Waals surface area contributed by atoms with E-state index in [-0.39, 0.29) is 37.4 Å². The zero-order valence-corrected chi connectivity index (χ0v) is 21.6. The summed E-state index contributed by atoms with van der Waals surface area (Å²) in [4.78, 5) is 37.9. The first-order chi connectivity index (χ1) is 14.7. The number of hydrogen-bond donors (Lipinski definition) is 0. The first-order valence-electron chi connectivity index (χ1n) is 10.9. The van der Waals surface area contributed by atoms with Crippen molar-refractivity contribution in [3.05, 3.63) is 30.9 Å². The number of aliphatic imine (C=N–C) groups is 1. The zero-order chi connectivity index (χ0) is 21.4. The summed E-state index contributed by atoms with van der Waals surface area (Å²) in [5.41, 5.74) is 0.